The molecule has 4 rings (SSSR count). The number of methoxy groups -OCH3 is 2. The molecule has 1 heterocycles. The summed E-state index contributed by atoms with van der Waals surface area (Å²) in [5.74, 6) is 1.51. The summed E-state index contributed by atoms with van der Waals surface area (Å²) in [6.07, 6.45) is 3.82. The summed E-state index contributed by atoms with van der Waals surface area (Å²) in [6.45, 7) is 0.456. The Kier molecular flexibility index (Phi) is 6.10. The molecule has 156 valence electrons. The van der Waals surface area contributed by atoms with Gasteiger partial charge in [0, 0.05) is 10.6 Å². The Balaban J connectivity index is 1.69. The number of benzene rings is 3. The molecule has 0 bridgehead atoms. The number of ether oxygens (including phenoxy) is 2. The third kappa shape index (κ3) is 4.65. The molecule has 3 aromatic carbocycles. The molecule has 0 atom stereocenters. The van der Waals surface area contributed by atoms with E-state index < -0.39 is 0 Å². The zero-order valence-corrected chi connectivity index (χ0v) is 18.1. The maximum Gasteiger partial charge on any atom is 0.258 e. The fourth-order valence-corrected chi connectivity index (χ4v) is 3.59. The van der Waals surface area contributed by atoms with E-state index in [1.165, 1.54) is 0 Å². The molecule has 1 amide bonds. The Morgan fingerprint density at radius 1 is 0.839 bits per heavy atom. The van der Waals surface area contributed by atoms with Crippen LogP contribution in [-0.2, 0) is 11.3 Å². The molecule has 0 fully saturated rings. The van der Waals surface area contributed by atoms with E-state index in [1.54, 1.807) is 19.1 Å². The number of nitrogens with zero attached hydrogens (tertiary/aromatic N) is 1. The summed E-state index contributed by atoms with van der Waals surface area (Å²) in [7, 11) is 3.27. The topological polar surface area (TPSA) is 38.8 Å². The van der Waals surface area contributed by atoms with Gasteiger partial charge in [-0.15, -0.1) is 0 Å². The SMILES string of the molecule is COc1ccc(/C=C2/C=C(c3ccc(Cl)cc3)N(Cc3ccc(OC)cc3)C2=O)cc1. The monoisotopic (exact) mass is 431 g/mol. The molecular weight excluding hydrogens is 410 g/mol. The van der Waals surface area contributed by atoms with Crippen molar-refractivity contribution in [2.75, 3.05) is 14.2 Å². The first-order valence-corrected chi connectivity index (χ1v) is 10.2. The molecule has 0 aromatic heterocycles. The minimum atomic E-state index is -0.0448. The number of carbonyl (C=O) groups excluding carboxylic acids is 1. The molecule has 3 aromatic rings. The number of hydrogen-bond donors (Lipinski definition) is 0. The van der Waals surface area contributed by atoms with Crippen LogP contribution in [0.4, 0.5) is 0 Å². The van der Waals surface area contributed by atoms with Gasteiger partial charge in [-0.2, -0.15) is 0 Å². The van der Waals surface area contributed by atoms with Gasteiger partial charge in [0.1, 0.15) is 11.5 Å². The third-order valence-corrected chi connectivity index (χ3v) is 5.40. The lowest BCUT2D eigenvalue weighted by Gasteiger charge is -2.21. The van der Waals surface area contributed by atoms with Crippen LogP contribution in [0.5, 0.6) is 11.5 Å². The van der Waals surface area contributed by atoms with E-state index in [2.05, 4.69) is 0 Å². The van der Waals surface area contributed by atoms with Crippen molar-refractivity contribution in [1.82, 2.24) is 4.90 Å². The molecule has 0 saturated carbocycles. The number of amides is 1. The van der Waals surface area contributed by atoms with Gasteiger partial charge in [0.15, 0.2) is 0 Å². The normalized spacial score (nSPS) is 14.7. The van der Waals surface area contributed by atoms with Crippen LogP contribution < -0.4 is 9.47 Å². The second kappa shape index (κ2) is 9.11. The van der Waals surface area contributed by atoms with Gasteiger partial charge in [0.25, 0.3) is 5.91 Å². The number of hydrogen-bond acceptors (Lipinski definition) is 3. The Hall–Kier alpha value is -3.50. The van der Waals surface area contributed by atoms with Gasteiger partial charge in [-0.3, -0.25) is 4.79 Å². The third-order valence-electron chi connectivity index (χ3n) is 5.15. The van der Waals surface area contributed by atoms with Crippen molar-refractivity contribution < 1.29 is 14.3 Å². The summed E-state index contributed by atoms with van der Waals surface area (Å²) >= 11 is 6.07. The average Bonchev–Trinajstić information content (AvgIpc) is 3.10. The lowest BCUT2D eigenvalue weighted by atomic mass is 10.1. The van der Waals surface area contributed by atoms with Crippen LogP contribution in [0.2, 0.25) is 5.02 Å². The molecule has 5 heteroatoms. The minimum absolute atomic E-state index is 0.0448. The van der Waals surface area contributed by atoms with Crippen molar-refractivity contribution in [2.45, 2.75) is 6.54 Å². The standard InChI is InChI=1S/C26H22ClNO3/c1-30-23-11-3-18(4-12-23)15-21-16-25(20-7-9-22(27)10-8-20)28(26(21)29)17-19-5-13-24(31-2)14-6-19/h3-16H,17H2,1-2H3/b21-15-. The van der Waals surface area contributed by atoms with E-state index in [4.69, 9.17) is 21.1 Å². The van der Waals surface area contributed by atoms with Gasteiger partial charge in [-0.05, 0) is 65.2 Å². The predicted molar refractivity (Wildman–Crippen MR) is 124 cm³/mol. The van der Waals surface area contributed by atoms with Crippen LogP contribution in [-0.4, -0.2) is 25.0 Å². The van der Waals surface area contributed by atoms with Crippen LogP contribution in [0.1, 0.15) is 16.7 Å². The molecule has 31 heavy (non-hydrogen) atoms. The summed E-state index contributed by atoms with van der Waals surface area (Å²) in [5, 5.41) is 0.657. The molecule has 0 unspecified atom stereocenters. The van der Waals surface area contributed by atoms with Crippen molar-refractivity contribution >= 4 is 29.3 Å². The van der Waals surface area contributed by atoms with Crippen molar-refractivity contribution in [3.8, 4) is 11.5 Å². The van der Waals surface area contributed by atoms with Crippen LogP contribution in [0, 0.1) is 0 Å². The Labute approximate surface area is 187 Å². The number of carbonyl (C=O) groups is 1. The molecular formula is C26H22ClNO3. The minimum Gasteiger partial charge on any atom is -0.497 e. The molecule has 0 radical (unpaired) electrons. The Morgan fingerprint density at radius 2 is 1.42 bits per heavy atom. The Bertz CT molecular complexity index is 1130. The maximum absolute atomic E-state index is 13.3. The van der Waals surface area contributed by atoms with Gasteiger partial charge in [-0.1, -0.05) is 48.0 Å². The molecule has 0 N–H and O–H groups in total. The molecule has 1 aliphatic heterocycles. The summed E-state index contributed by atoms with van der Waals surface area (Å²) < 4.78 is 10.5. The maximum atomic E-state index is 13.3. The second-order valence-electron chi connectivity index (χ2n) is 7.15. The highest BCUT2D eigenvalue weighted by Crippen LogP contribution is 2.33. The lowest BCUT2D eigenvalue weighted by molar-refractivity contribution is -0.123. The van der Waals surface area contributed by atoms with Crippen molar-refractivity contribution in [3.05, 3.63) is 106 Å². The summed E-state index contributed by atoms with van der Waals surface area (Å²) in [4.78, 5) is 15.1. The quantitative estimate of drug-likeness (QED) is 0.461. The van der Waals surface area contributed by atoms with Crippen molar-refractivity contribution in [2.24, 2.45) is 0 Å². The van der Waals surface area contributed by atoms with Gasteiger partial charge >= 0.3 is 0 Å². The second-order valence-corrected chi connectivity index (χ2v) is 7.59. The zero-order chi connectivity index (χ0) is 21.8. The fourth-order valence-electron chi connectivity index (χ4n) is 3.47. The van der Waals surface area contributed by atoms with E-state index in [1.807, 2.05) is 84.9 Å². The summed E-state index contributed by atoms with van der Waals surface area (Å²) in [5.41, 5.74) is 4.35. The first kappa shape index (κ1) is 20.8. The molecule has 0 aliphatic carbocycles. The highest BCUT2D eigenvalue weighted by Gasteiger charge is 2.29. The van der Waals surface area contributed by atoms with E-state index in [-0.39, 0.29) is 5.91 Å². The van der Waals surface area contributed by atoms with Gasteiger partial charge in [-0.25, -0.2) is 0 Å². The van der Waals surface area contributed by atoms with Crippen molar-refractivity contribution in [1.29, 1.82) is 0 Å². The predicted octanol–water partition coefficient (Wildman–Crippen LogP) is 5.82. The van der Waals surface area contributed by atoms with Gasteiger partial charge in [0.2, 0.25) is 0 Å². The number of halogens is 1. The lowest BCUT2D eigenvalue weighted by Crippen LogP contribution is -2.25. The van der Waals surface area contributed by atoms with Gasteiger partial charge in [0.05, 0.1) is 26.5 Å². The fraction of sp³-hybridized carbons (Fsp3) is 0.115. The van der Waals surface area contributed by atoms with E-state index in [0.717, 1.165) is 33.9 Å². The average molecular weight is 432 g/mol. The Morgan fingerprint density at radius 3 is 2.00 bits per heavy atom. The van der Waals surface area contributed by atoms with Crippen LogP contribution in [0.3, 0.4) is 0 Å². The first-order chi connectivity index (χ1) is 15.1. The molecule has 0 spiro atoms. The van der Waals surface area contributed by atoms with Crippen LogP contribution in [0.15, 0.2) is 84.4 Å². The van der Waals surface area contributed by atoms with Gasteiger partial charge < -0.3 is 14.4 Å². The smallest absolute Gasteiger partial charge is 0.258 e. The highest BCUT2D eigenvalue weighted by molar-refractivity contribution is 6.30. The van der Waals surface area contributed by atoms with E-state index in [9.17, 15) is 4.79 Å². The van der Waals surface area contributed by atoms with Crippen LogP contribution in [0.25, 0.3) is 11.8 Å². The van der Waals surface area contributed by atoms with E-state index >= 15 is 0 Å². The first-order valence-electron chi connectivity index (χ1n) is 9.85. The number of rotatable bonds is 6. The van der Waals surface area contributed by atoms with Crippen LogP contribution >= 0.6 is 11.6 Å². The van der Waals surface area contributed by atoms with E-state index in [0.29, 0.717) is 17.1 Å². The summed E-state index contributed by atoms with van der Waals surface area (Å²) in [6, 6.07) is 22.9. The molecule has 4 nitrogen and oxygen atoms in total. The largest absolute Gasteiger partial charge is 0.497 e. The highest BCUT2D eigenvalue weighted by atomic mass is 35.5. The molecule has 0 saturated heterocycles. The van der Waals surface area contributed by atoms with Crippen molar-refractivity contribution in [3.63, 3.8) is 0 Å². The zero-order valence-electron chi connectivity index (χ0n) is 17.3. The molecule has 1 aliphatic rings.